The number of aryl methyl sites for hydroxylation is 1. The van der Waals surface area contributed by atoms with Gasteiger partial charge in [-0.25, -0.2) is 13.2 Å². The van der Waals surface area contributed by atoms with Gasteiger partial charge in [-0.1, -0.05) is 19.1 Å². The van der Waals surface area contributed by atoms with E-state index in [1.54, 1.807) is 30.3 Å². The van der Waals surface area contributed by atoms with Crippen molar-refractivity contribution in [3.63, 3.8) is 0 Å². The Balaban J connectivity index is 1.69. The van der Waals surface area contributed by atoms with Gasteiger partial charge in [0.15, 0.2) is 12.4 Å². The Labute approximate surface area is 165 Å². The fraction of sp³-hybridized carbons (Fsp3) is 0.333. The lowest BCUT2D eigenvalue weighted by molar-refractivity contribution is 0.0474. The van der Waals surface area contributed by atoms with Crippen molar-refractivity contribution in [2.75, 3.05) is 17.2 Å². The van der Waals surface area contributed by atoms with Crippen molar-refractivity contribution >= 4 is 27.5 Å². The van der Waals surface area contributed by atoms with Crippen molar-refractivity contribution in [3.8, 4) is 0 Å². The molecule has 0 fully saturated rings. The first-order valence-corrected chi connectivity index (χ1v) is 11.0. The minimum Gasteiger partial charge on any atom is -0.454 e. The first-order valence-electron chi connectivity index (χ1n) is 9.12. The van der Waals surface area contributed by atoms with E-state index in [2.05, 4.69) is 0 Å². The number of nitrogens with zero attached hydrogens (tertiary/aromatic N) is 1. The first-order chi connectivity index (χ1) is 13.2. The smallest absolute Gasteiger partial charge is 0.338 e. The second-order valence-electron chi connectivity index (χ2n) is 7.01. The normalized spacial score (nSPS) is 16.0. The van der Waals surface area contributed by atoms with Gasteiger partial charge in [0.25, 0.3) is 0 Å². The van der Waals surface area contributed by atoms with Gasteiger partial charge in [0.05, 0.1) is 17.5 Å². The van der Waals surface area contributed by atoms with Gasteiger partial charge in [-0.2, -0.15) is 0 Å². The van der Waals surface area contributed by atoms with Crippen molar-refractivity contribution in [3.05, 3.63) is 64.7 Å². The Hall–Kier alpha value is -2.67. The molecule has 1 atom stereocenters. The van der Waals surface area contributed by atoms with E-state index in [1.807, 2.05) is 26.0 Å². The lowest BCUT2D eigenvalue weighted by Crippen LogP contribution is -2.34. The molecule has 2 aromatic carbocycles. The first kappa shape index (κ1) is 20.1. The van der Waals surface area contributed by atoms with Crippen molar-refractivity contribution < 1.29 is 22.7 Å². The van der Waals surface area contributed by atoms with Crippen LogP contribution in [0.25, 0.3) is 0 Å². The average molecular weight is 401 g/mol. The van der Waals surface area contributed by atoms with Gasteiger partial charge in [-0.3, -0.25) is 9.10 Å². The van der Waals surface area contributed by atoms with Crippen molar-refractivity contribution in [2.45, 2.75) is 32.7 Å². The minimum absolute atomic E-state index is 0.195. The van der Waals surface area contributed by atoms with Crippen LogP contribution in [0, 0.1) is 0 Å². The fourth-order valence-electron chi connectivity index (χ4n) is 3.46. The number of ether oxygens (including phenoxy) is 1. The van der Waals surface area contributed by atoms with Gasteiger partial charge < -0.3 is 4.74 Å². The molecule has 0 aromatic heterocycles. The molecular formula is C21H23NO5S. The maximum absolute atomic E-state index is 12.4. The lowest BCUT2D eigenvalue weighted by atomic mass is 10.0. The van der Waals surface area contributed by atoms with E-state index in [9.17, 15) is 18.0 Å². The Kier molecular flexibility index (Phi) is 5.56. The molecule has 0 aliphatic carbocycles. The zero-order valence-electron chi connectivity index (χ0n) is 16.1. The number of fused-ring (bicyclic) bond motifs is 1. The number of benzene rings is 2. The number of Topliss-reactive ketones (excluding diaryl/α,β-unsaturated/α-hetero) is 1. The number of ketones is 1. The third kappa shape index (κ3) is 4.09. The highest BCUT2D eigenvalue weighted by molar-refractivity contribution is 7.92. The molecule has 0 radical (unpaired) electrons. The van der Waals surface area contributed by atoms with Crippen molar-refractivity contribution in [2.24, 2.45) is 0 Å². The van der Waals surface area contributed by atoms with Crippen LogP contribution in [0.4, 0.5) is 5.69 Å². The molecule has 1 aliphatic rings. The molecule has 1 heterocycles. The Morgan fingerprint density at radius 2 is 1.75 bits per heavy atom. The highest BCUT2D eigenvalue weighted by atomic mass is 32.2. The van der Waals surface area contributed by atoms with Crippen LogP contribution < -0.4 is 4.31 Å². The van der Waals surface area contributed by atoms with Crippen LogP contribution >= 0.6 is 0 Å². The number of esters is 1. The molecule has 0 N–H and O–H groups in total. The predicted octanol–water partition coefficient (Wildman–Crippen LogP) is 3.00. The maximum Gasteiger partial charge on any atom is 0.338 e. The zero-order valence-corrected chi connectivity index (χ0v) is 17.0. The van der Waals surface area contributed by atoms with Gasteiger partial charge in [0, 0.05) is 11.6 Å². The van der Waals surface area contributed by atoms with E-state index in [-0.39, 0.29) is 18.4 Å². The molecule has 3 rings (SSSR count). The molecule has 6 nitrogen and oxygen atoms in total. The lowest BCUT2D eigenvalue weighted by Gasteiger charge is -2.21. The number of rotatable bonds is 6. The van der Waals surface area contributed by atoms with E-state index in [1.165, 1.54) is 10.6 Å². The number of hydrogen-bond acceptors (Lipinski definition) is 5. The zero-order chi connectivity index (χ0) is 20.5. The summed E-state index contributed by atoms with van der Waals surface area (Å²) in [5, 5.41) is 0. The van der Waals surface area contributed by atoms with Crippen LogP contribution in [0.1, 0.15) is 45.7 Å². The summed E-state index contributed by atoms with van der Waals surface area (Å²) in [6.07, 6.45) is 2.58. The molecule has 0 amide bonds. The SMILES string of the molecule is CCc1ccc(C(=O)OCC(=O)c2ccc3c(c2)C[C@H](C)N3S(C)(=O)=O)cc1. The quantitative estimate of drug-likeness (QED) is 0.549. The van der Waals surface area contributed by atoms with E-state index < -0.39 is 16.0 Å². The summed E-state index contributed by atoms with van der Waals surface area (Å²) in [7, 11) is -3.38. The number of carbonyl (C=O) groups is 2. The molecule has 0 saturated carbocycles. The summed E-state index contributed by atoms with van der Waals surface area (Å²) >= 11 is 0. The molecule has 28 heavy (non-hydrogen) atoms. The number of anilines is 1. The topological polar surface area (TPSA) is 80.8 Å². The monoisotopic (exact) mass is 401 g/mol. The average Bonchev–Trinajstić information content (AvgIpc) is 3.00. The summed E-state index contributed by atoms with van der Waals surface area (Å²) in [5.74, 6) is -0.874. The van der Waals surface area contributed by atoms with Gasteiger partial charge in [0.1, 0.15) is 0 Å². The van der Waals surface area contributed by atoms with Crippen molar-refractivity contribution in [1.82, 2.24) is 0 Å². The third-order valence-corrected chi connectivity index (χ3v) is 6.12. The Bertz CT molecular complexity index is 1010. The van der Waals surface area contributed by atoms with E-state index >= 15 is 0 Å². The molecule has 0 saturated heterocycles. The van der Waals surface area contributed by atoms with Gasteiger partial charge in [-0.05, 0) is 61.2 Å². The van der Waals surface area contributed by atoms with Gasteiger partial charge in [0.2, 0.25) is 10.0 Å². The summed E-state index contributed by atoms with van der Waals surface area (Å²) in [4.78, 5) is 24.5. The van der Waals surface area contributed by atoms with Crippen LogP contribution in [0.2, 0.25) is 0 Å². The second-order valence-corrected chi connectivity index (χ2v) is 8.86. The van der Waals surface area contributed by atoms with E-state index in [0.29, 0.717) is 23.2 Å². The van der Waals surface area contributed by atoms with Crippen LogP contribution in [-0.2, 0) is 27.6 Å². The number of sulfonamides is 1. The second kappa shape index (κ2) is 7.75. The molecule has 0 bridgehead atoms. The predicted molar refractivity (Wildman–Crippen MR) is 107 cm³/mol. The standard InChI is InChI=1S/C21H23NO5S/c1-4-15-5-7-16(8-6-15)21(24)27-13-20(23)17-9-10-19-18(12-17)11-14(2)22(19)28(3,25)26/h5-10,12,14H,4,11,13H2,1-3H3/t14-/m0/s1. The molecule has 1 aliphatic heterocycles. The molecular weight excluding hydrogens is 378 g/mol. The fourth-order valence-corrected chi connectivity index (χ4v) is 4.72. The highest BCUT2D eigenvalue weighted by Gasteiger charge is 2.32. The largest absolute Gasteiger partial charge is 0.454 e. The summed E-state index contributed by atoms with van der Waals surface area (Å²) in [5.41, 5.74) is 3.31. The maximum atomic E-state index is 12.4. The van der Waals surface area contributed by atoms with Gasteiger partial charge >= 0.3 is 5.97 Å². The minimum atomic E-state index is -3.38. The summed E-state index contributed by atoms with van der Waals surface area (Å²) < 4.78 is 30.5. The molecule has 7 heteroatoms. The molecule has 0 spiro atoms. The van der Waals surface area contributed by atoms with Crippen LogP contribution in [0.3, 0.4) is 0 Å². The number of hydrogen-bond donors (Lipinski definition) is 0. The number of carbonyl (C=O) groups excluding carboxylic acids is 2. The van der Waals surface area contributed by atoms with E-state index in [4.69, 9.17) is 4.74 Å². The van der Waals surface area contributed by atoms with Crippen LogP contribution in [0.5, 0.6) is 0 Å². The molecule has 0 unspecified atom stereocenters. The van der Waals surface area contributed by atoms with Crippen LogP contribution in [0.15, 0.2) is 42.5 Å². The summed E-state index contributed by atoms with van der Waals surface area (Å²) in [6.45, 7) is 3.49. The Morgan fingerprint density at radius 3 is 2.36 bits per heavy atom. The summed E-state index contributed by atoms with van der Waals surface area (Å²) in [6, 6.07) is 11.8. The van der Waals surface area contributed by atoms with E-state index in [0.717, 1.165) is 17.5 Å². The van der Waals surface area contributed by atoms with Gasteiger partial charge in [-0.15, -0.1) is 0 Å². The molecule has 2 aromatic rings. The highest BCUT2D eigenvalue weighted by Crippen LogP contribution is 2.34. The third-order valence-electron chi connectivity index (χ3n) is 4.84. The molecule has 148 valence electrons. The van der Waals surface area contributed by atoms with Crippen LogP contribution in [-0.4, -0.2) is 39.1 Å². The Morgan fingerprint density at radius 1 is 1.11 bits per heavy atom. The van der Waals surface area contributed by atoms with Crippen molar-refractivity contribution in [1.29, 1.82) is 0 Å².